The Labute approximate surface area is 156 Å². The minimum absolute atomic E-state index is 0.0134. The van der Waals surface area contributed by atoms with Crippen LogP contribution in [0.25, 0.3) is 0 Å². The molecule has 0 saturated carbocycles. The third kappa shape index (κ3) is 4.85. The molecule has 2 N–H and O–H groups in total. The van der Waals surface area contributed by atoms with Crippen molar-refractivity contribution in [2.75, 3.05) is 29.9 Å². The predicted octanol–water partition coefficient (Wildman–Crippen LogP) is 4.21. The van der Waals surface area contributed by atoms with Crippen molar-refractivity contribution >= 4 is 17.3 Å². The zero-order valence-corrected chi connectivity index (χ0v) is 15.7. The fourth-order valence-electron chi connectivity index (χ4n) is 3.54. The van der Waals surface area contributed by atoms with Gasteiger partial charge >= 0.3 is 0 Å². The van der Waals surface area contributed by atoms with Gasteiger partial charge in [0.1, 0.15) is 0 Å². The fraction of sp³-hybridized carbons (Fsp3) is 0.409. The van der Waals surface area contributed by atoms with E-state index in [0.29, 0.717) is 12.5 Å². The second kappa shape index (κ2) is 8.86. The summed E-state index contributed by atoms with van der Waals surface area (Å²) in [6.45, 7) is 6.89. The molecule has 2 aromatic carbocycles. The van der Waals surface area contributed by atoms with Crippen LogP contribution in [-0.4, -0.2) is 25.5 Å². The maximum atomic E-state index is 12.3. The molecular weight excluding hydrogens is 322 g/mol. The van der Waals surface area contributed by atoms with Crippen LogP contribution in [0.15, 0.2) is 54.6 Å². The van der Waals surface area contributed by atoms with Gasteiger partial charge in [-0.05, 0) is 48.6 Å². The third-order valence-corrected chi connectivity index (χ3v) is 4.93. The van der Waals surface area contributed by atoms with Gasteiger partial charge in [-0.1, -0.05) is 44.2 Å². The van der Waals surface area contributed by atoms with E-state index in [1.54, 1.807) is 0 Å². The summed E-state index contributed by atoms with van der Waals surface area (Å²) < 4.78 is 0. The molecule has 0 spiro atoms. The number of hydrogen-bond donors (Lipinski definition) is 2. The zero-order chi connectivity index (χ0) is 18.4. The highest BCUT2D eigenvalue weighted by Gasteiger charge is 2.16. The molecule has 0 bridgehead atoms. The molecule has 26 heavy (non-hydrogen) atoms. The largest absolute Gasteiger partial charge is 0.372 e. The molecule has 0 radical (unpaired) electrons. The SMILES string of the molecule is CC(C)[C@@H](NCC(=O)Nc1ccc(N2CCCC2)cc1)c1ccccc1. The van der Waals surface area contributed by atoms with Crippen molar-refractivity contribution in [3.05, 3.63) is 60.2 Å². The van der Waals surface area contributed by atoms with Crippen LogP contribution in [-0.2, 0) is 4.79 Å². The van der Waals surface area contributed by atoms with E-state index in [1.165, 1.54) is 24.1 Å². The van der Waals surface area contributed by atoms with Crippen LogP contribution >= 0.6 is 0 Å². The lowest BCUT2D eigenvalue weighted by Gasteiger charge is -2.23. The molecule has 1 fully saturated rings. The van der Waals surface area contributed by atoms with Crippen LogP contribution in [0.4, 0.5) is 11.4 Å². The third-order valence-electron chi connectivity index (χ3n) is 4.93. The maximum absolute atomic E-state index is 12.3. The van der Waals surface area contributed by atoms with Gasteiger partial charge in [-0.25, -0.2) is 0 Å². The van der Waals surface area contributed by atoms with Crippen LogP contribution in [0.2, 0.25) is 0 Å². The first kappa shape index (κ1) is 18.5. The number of nitrogens with zero attached hydrogens (tertiary/aromatic N) is 1. The number of hydrogen-bond acceptors (Lipinski definition) is 3. The molecular formula is C22H29N3O. The molecule has 4 nitrogen and oxygen atoms in total. The van der Waals surface area contributed by atoms with Gasteiger partial charge in [-0.3, -0.25) is 4.79 Å². The average Bonchev–Trinajstić information content (AvgIpc) is 3.18. The molecule has 3 rings (SSSR count). The fourth-order valence-corrected chi connectivity index (χ4v) is 3.54. The predicted molar refractivity (Wildman–Crippen MR) is 109 cm³/mol. The minimum atomic E-state index is -0.0134. The number of anilines is 2. The lowest BCUT2D eigenvalue weighted by molar-refractivity contribution is -0.115. The van der Waals surface area contributed by atoms with Gasteiger partial charge in [-0.15, -0.1) is 0 Å². The van der Waals surface area contributed by atoms with Gasteiger partial charge in [0.2, 0.25) is 5.91 Å². The molecule has 1 amide bonds. The summed E-state index contributed by atoms with van der Waals surface area (Å²) in [5, 5.41) is 6.38. The zero-order valence-electron chi connectivity index (χ0n) is 15.7. The number of nitrogens with one attached hydrogen (secondary N) is 2. The highest BCUT2D eigenvalue weighted by Crippen LogP contribution is 2.23. The van der Waals surface area contributed by atoms with Crippen LogP contribution in [0.1, 0.15) is 38.3 Å². The summed E-state index contributed by atoms with van der Waals surface area (Å²) in [4.78, 5) is 14.7. The summed E-state index contributed by atoms with van der Waals surface area (Å²) in [6.07, 6.45) is 2.53. The van der Waals surface area contributed by atoms with E-state index in [2.05, 4.69) is 53.6 Å². The van der Waals surface area contributed by atoms with Gasteiger partial charge in [0.15, 0.2) is 0 Å². The molecule has 1 aliphatic heterocycles. The second-order valence-corrected chi connectivity index (χ2v) is 7.30. The van der Waals surface area contributed by atoms with Gasteiger partial charge in [0, 0.05) is 30.5 Å². The molecule has 0 aliphatic carbocycles. The molecule has 1 heterocycles. The van der Waals surface area contributed by atoms with Crippen molar-refractivity contribution < 1.29 is 4.79 Å². The Morgan fingerprint density at radius 2 is 1.65 bits per heavy atom. The second-order valence-electron chi connectivity index (χ2n) is 7.30. The van der Waals surface area contributed by atoms with E-state index in [4.69, 9.17) is 0 Å². The topological polar surface area (TPSA) is 44.4 Å². The molecule has 0 unspecified atom stereocenters. The van der Waals surface area contributed by atoms with Gasteiger partial charge in [0.05, 0.1) is 6.54 Å². The van der Waals surface area contributed by atoms with E-state index in [1.807, 2.05) is 30.3 Å². The molecule has 138 valence electrons. The summed E-state index contributed by atoms with van der Waals surface area (Å²) in [7, 11) is 0. The monoisotopic (exact) mass is 351 g/mol. The average molecular weight is 351 g/mol. The smallest absolute Gasteiger partial charge is 0.238 e. The van der Waals surface area contributed by atoms with Crippen molar-refractivity contribution in [2.24, 2.45) is 5.92 Å². The summed E-state index contributed by atoms with van der Waals surface area (Å²) >= 11 is 0. The van der Waals surface area contributed by atoms with Crippen molar-refractivity contribution in [3.63, 3.8) is 0 Å². The lowest BCUT2D eigenvalue weighted by Crippen LogP contribution is -2.33. The Balaban J connectivity index is 1.53. The van der Waals surface area contributed by atoms with Crippen LogP contribution < -0.4 is 15.5 Å². The highest BCUT2D eigenvalue weighted by atomic mass is 16.1. The molecule has 1 saturated heterocycles. The van der Waals surface area contributed by atoms with Gasteiger partial charge in [-0.2, -0.15) is 0 Å². The molecule has 4 heteroatoms. The number of rotatable bonds is 7. The number of carbonyl (C=O) groups is 1. The number of amides is 1. The summed E-state index contributed by atoms with van der Waals surface area (Å²) in [5.41, 5.74) is 3.30. The van der Waals surface area contributed by atoms with Crippen molar-refractivity contribution in [1.82, 2.24) is 5.32 Å². The number of carbonyl (C=O) groups excluding carboxylic acids is 1. The Hall–Kier alpha value is -2.33. The van der Waals surface area contributed by atoms with E-state index >= 15 is 0 Å². The van der Waals surface area contributed by atoms with Crippen LogP contribution in [0.3, 0.4) is 0 Å². The molecule has 2 aromatic rings. The summed E-state index contributed by atoms with van der Waals surface area (Å²) in [5.74, 6) is 0.394. The van der Waals surface area contributed by atoms with Gasteiger partial charge in [0.25, 0.3) is 0 Å². The van der Waals surface area contributed by atoms with Gasteiger partial charge < -0.3 is 15.5 Å². The maximum Gasteiger partial charge on any atom is 0.238 e. The number of benzene rings is 2. The van der Waals surface area contributed by atoms with Crippen molar-refractivity contribution in [1.29, 1.82) is 0 Å². The normalized spacial score (nSPS) is 15.3. The first-order valence-electron chi connectivity index (χ1n) is 9.56. The van der Waals surface area contributed by atoms with Crippen LogP contribution in [0, 0.1) is 5.92 Å². The molecule has 1 aliphatic rings. The quantitative estimate of drug-likeness (QED) is 0.785. The van der Waals surface area contributed by atoms with E-state index < -0.39 is 0 Å². The van der Waals surface area contributed by atoms with Crippen LogP contribution in [0.5, 0.6) is 0 Å². The lowest BCUT2D eigenvalue weighted by atomic mass is 9.96. The Morgan fingerprint density at radius 1 is 1.00 bits per heavy atom. The highest BCUT2D eigenvalue weighted by molar-refractivity contribution is 5.92. The van der Waals surface area contributed by atoms with E-state index in [0.717, 1.165) is 18.8 Å². The first-order chi connectivity index (χ1) is 12.6. The van der Waals surface area contributed by atoms with Crippen molar-refractivity contribution in [2.45, 2.75) is 32.7 Å². The Kier molecular flexibility index (Phi) is 6.29. The Bertz CT molecular complexity index is 691. The van der Waals surface area contributed by atoms with E-state index in [9.17, 15) is 4.79 Å². The molecule has 0 aromatic heterocycles. The van der Waals surface area contributed by atoms with Crippen molar-refractivity contribution in [3.8, 4) is 0 Å². The summed E-state index contributed by atoms with van der Waals surface area (Å²) in [6, 6.07) is 18.6. The molecule has 1 atom stereocenters. The van der Waals surface area contributed by atoms with E-state index in [-0.39, 0.29) is 11.9 Å². The first-order valence-corrected chi connectivity index (χ1v) is 9.56. The minimum Gasteiger partial charge on any atom is -0.372 e. The standard InChI is InChI=1S/C22H29N3O/c1-17(2)22(18-8-4-3-5-9-18)23-16-21(26)24-19-10-12-20(13-11-19)25-14-6-7-15-25/h3-5,8-13,17,22-23H,6-7,14-16H2,1-2H3,(H,24,26)/t22-/m1/s1. The Morgan fingerprint density at radius 3 is 2.27 bits per heavy atom.